The van der Waals surface area contributed by atoms with Crippen LogP contribution >= 0.6 is 7.82 Å². The number of hydrogen-bond acceptors (Lipinski definition) is 7. The molecule has 8 nitrogen and oxygen atoms in total. The van der Waals surface area contributed by atoms with Crippen LogP contribution in [0.5, 0.6) is 0 Å². The Bertz CT molecular complexity index is 890. The van der Waals surface area contributed by atoms with Gasteiger partial charge in [0.25, 0.3) is 0 Å². The Morgan fingerprint density at radius 3 is 1.37 bits per heavy atom. The van der Waals surface area contributed by atoms with Gasteiger partial charge < -0.3 is 14.4 Å². The summed E-state index contributed by atoms with van der Waals surface area (Å²) in [5, 5.41) is 0. The number of esters is 2. The van der Waals surface area contributed by atoms with E-state index in [4.69, 9.17) is 18.5 Å². The lowest BCUT2D eigenvalue weighted by Gasteiger charge is -2.19. The predicted molar refractivity (Wildman–Crippen MR) is 212 cm³/mol. The van der Waals surface area contributed by atoms with Crippen LogP contribution in [0.15, 0.2) is 24.3 Å². The third-order valence-corrected chi connectivity index (χ3v) is 10.0. The van der Waals surface area contributed by atoms with Gasteiger partial charge in [0, 0.05) is 12.8 Å². The fourth-order valence-electron chi connectivity index (χ4n) is 5.86. The van der Waals surface area contributed by atoms with Gasteiger partial charge in [0.2, 0.25) is 0 Å². The van der Waals surface area contributed by atoms with E-state index >= 15 is 0 Å². The molecule has 0 spiro atoms. The molecule has 0 aliphatic rings. The fourth-order valence-corrected chi connectivity index (χ4v) is 6.62. The Labute approximate surface area is 313 Å². The van der Waals surface area contributed by atoms with Gasteiger partial charge in [-0.05, 0) is 64.7 Å². The average Bonchev–Trinajstić information content (AvgIpc) is 3.10. The van der Waals surface area contributed by atoms with Crippen LogP contribution in [0.4, 0.5) is 0 Å². The molecule has 0 aromatic carbocycles. The van der Waals surface area contributed by atoms with E-state index < -0.39 is 26.5 Å². The highest BCUT2D eigenvalue weighted by Gasteiger charge is 2.25. The second kappa shape index (κ2) is 38.3. The number of unbranched alkanes of at least 4 members (excludes halogenated alkanes) is 23. The number of hydrogen-bond donors (Lipinski definition) is 1. The van der Waals surface area contributed by atoms with Crippen molar-refractivity contribution in [2.75, 3.05) is 19.8 Å². The van der Waals surface area contributed by atoms with Crippen molar-refractivity contribution in [1.82, 2.24) is 0 Å². The molecule has 0 aliphatic heterocycles. The molecule has 0 aromatic rings. The second-order valence-corrected chi connectivity index (χ2v) is 15.5. The van der Waals surface area contributed by atoms with Crippen molar-refractivity contribution in [3.63, 3.8) is 0 Å². The second-order valence-electron chi connectivity index (χ2n) is 14.0. The first-order valence-electron chi connectivity index (χ1n) is 21.1. The summed E-state index contributed by atoms with van der Waals surface area (Å²) in [4.78, 5) is 34.6. The van der Waals surface area contributed by atoms with Crippen LogP contribution in [-0.2, 0) is 32.7 Å². The molecule has 2 unspecified atom stereocenters. The molecule has 0 amide bonds. The molecule has 0 bridgehead atoms. The quantitative estimate of drug-likeness (QED) is 0.0287. The fraction of sp³-hybridized carbons (Fsp3) is 0.857. The van der Waals surface area contributed by atoms with E-state index in [9.17, 15) is 19.0 Å². The molecule has 0 radical (unpaired) electrons. The van der Waals surface area contributed by atoms with E-state index in [2.05, 4.69) is 38.2 Å². The van der Waals surface area contributed by atoms with E-state index in [1.54, 1.807) is 6.92 Å². The topological polar surface area (TPSA) is 108 Å². The minimum Gasteiger partial charge on any atom is -0.462 e. The molecule has 0 saturated carbocycles. The van der Waals surface area contributed by atoms with Crippen molar-refractivity contribution in [1.29, 1.82) is 0 Å². The van der Waals surface area contributed by atoms with Crippen molar-refractivity contribution in [2.24, 2.45) is 0 Å². The van der Waals surface area contributed by atoms with E-state index in [1.165, 1.54) is 109 Å². The van der Waals surface area contributed by atoms with Crippen LogP contribution in [0.3, 0.4) is 0 Å². The third kappa shape index (κ3) is 38.1. The maximum Gasteiger partial charge on any atom is 0.472 e. The smallest absolute Gasteiger partial charge is 0.462 e. The van der Waals surface area contributed by atoms with Crippen LogP contribution in [0.1, 0.15) is 207 Å². The Kier molecular flexibility index (Phi) is 37.2. The Morgan fingerprint density at radius 1 is 0.510 bits per heavy atom. The summed E-state index contributed by atoms with van der Waals surface area (Å²) >= 11 is 0. The van der Waals surface area contributed by atoms with E-state index in [1.807, 2.05) is 0 Å². The summed E-state index contributed by atoms with van der Waals surface area (Å²) in [5.74, 6) is -0.808. The zero-order valence-corrected chi connectivity index (χ0v) is 34.2. The van der Waals surface area contributed by atoms with Gasteiger partial charge in [0.15, 0.2) is 6.10 Å². The van der Waals surface area contributed by atoms with Crippen LogP contribution in [-0.4, -0.2) is 42.8 Å². The summed E-state index contributed by atoms with van der Waals surface area (Å²) in [6.07, 6.45) is 41.0. The number of ether oxygens (including phenoxy) is 2. The van der Waals surface area contributed by atoms with Gasteiger partial charge in [-0.15, -0.1) is 0 Å². The van der Waals surface area contributed by atoms with E-state index in [0.717, 1.165) is 57.8 Å². The predicted octanol–water partition coefficient (Wildman–Crippen LogP) is 13.1. The zero-order valence-electron chi connectivity index (χ0n) is 33.3. The number of phosphoric ester groups is 1. The van der Waals surface area contributed by atoms with Gasteiger partial charge >= 0.3 is 19.8 Å². The van der Waals surface area contributed by atoms with Crippen molar-refractivity contribution >= 4 is 19.8 Å². The summed E-state index contributed by atoms with van der Waals surface area (Å²) in [6, 6.07) is 0. The molecule has 2 atom stereocenters. The normalized spacial score (nSPS) is 13.6. The molecule has 51 heavy (non-hydrogen) atoms. The number of phosphoric acid groups is 1. The van der Waals surface area contributed by atoms with Crippen LogP contribution < -0.4 is 0 Å². The van der Waals surface area contributed by atoms with Crippen LogP contribution in [0, 0.1) is 0 Å². The summed E-state index contributed by atoms with van der Waals surface area (Å²) in [6.45, 7) is 5.41. The molecule has 0 fully saturated rings. The molecule has 9 heteroatoms. The number of rotatable bonds is 39. The Morgan fingerprint density at radius 2 is 0.922 bits per heavy atom. The molecule has 0 rings (SSSR count). The minimum absolute atomic E-state index is 0.000150. The van der Waals surface area contributed by atoms with Gasteiger partial charge in [-0.1, -0.05) is 154 Å². The minimum atomic E-state index is -4.27. The maximum atomic E-state index is 12.5. The summed E-state index contributed by atoms with van der Waals surface area (Å²) in [5.41, 5.74) is 0. The summed E-state index contributed by atoms with van der Waals surface area (Å²) in [7, 11) is -4.27. The first kappa shape index (κ1) is 49.5. The molecule has 0 aromatic heterocycles. The SMILES string of the molecule is CCC/C=C\CCCCCCCC(=O)OCC(COP(=O)(O)OCC)OC(=O)CCCCCCCCCCC/C=C\CCCCCCCCCC. The lowest BCUT2D eigenvalue weighted by atomic mass is 10.1. The molecule has 0 saturated heterocycles. The van der Waals surface area contributed by atoms with Gasteiger partial charge in [-0.25, -0.2) is 4.57 Å². The number of allylic oxidation sites excluding steroid dienone is 4. The van der Waals surface area contributed by atoms with Crippen molar-refractivity contribution < 1.29 is 37.6 Å². The van der Waals surface area contributed by atoms with Crippen molar-refractivity contribution in [3.8, 4) is 0 Å². The highest BCUT2D eigenvalue weighted by atomic mass is 31.2. The zero-order chi connectivity index (χ0) is 37.5. The van der Waals surface area contributed by atoms with Crippen LogP contribution in [0.25, 0.3) is 0 Å². The van der Waals surface area contributed by atoms with Crippen molar-refractivity contribution in [2.45, 2.75) is 213 Å². The Balaban J connectivity index is 4.01. The Hall–Kier alpha value is -1.47. The van der Waals surface area contributed by atoms with Gasteiger partial charge in [-0.3, -0.25) is 18.6 Å². The summed E-state index contributed by atoms with van der Waals surface area (Å²) < 4.78 is 32.5. The van der Waals surface area contributed by atoms with E-state index in [-0.39, 0.29) is 32.0 Å². The molecular formula is C42H79O8P. The van der Waals surface area contributed by atoms with Crippen LogP contribution in [0.2, 0.25) is 0 Å². The molecule has 0 heterocycles. The lowest BCUT2D eigenvalue weighted by molar-refractivity contribution is -0.161. The monoisotopic (exact) mass is 743 g/mol. The van der Waals surface area contributed by atoms with Gasteiger partial charge in [0.1, 0.15) is 6.61 Å². The van der Waals surface area contributed by atoms with E-state index in [0.29, 0.717) is 6.42 Å². The number of carbonyl (C=O) groups is 2. The molecule has 300 valence electrons. The molecule has 1 N–H and O–H groups in total. The molecule has 0 aliphatic carbocycles. The highest BCUT2D eigenvalue weighted by Crippen LogP contribution is 2.43. The van der Waals surface area contributed by atoms with Gasteiger partial charge in [0.05, 0.1) is 13.2 Å². The molecular weight excluding hydrogens is 663 g/mol. The lowest BCUT2D eigenvalue weighted by Crippen LogP contribution is -2.29. The maximum absolute atomic E-state index is 12.5. The van der Waals surface area contributed by atoms with Crippen molar-refractivity contribution in [3.05, 3.63) is 24.3 Å². The average molecular weight is 743 g/mol. The van der Waals surface area contributed by atoms with Gasteiger partial charge in [-0.2, -0.15) is 0 Å². The third-order valence-electron chi connectivity index (χ3n) is 8.96. The highest BCUT2D eigenvalue weighted by molar-refractivity contribution is 7.47. The standard InChI is InChI=1S/C42H79O8P/c1-4-7-9-11-13-15-17-18-19-20-21-22-23-24-25-26-27-29-31-33-35-37-42(44)50-40(39-49-51(45,46)48-6-3)38-47-41(43)36-34-32-30-28-16-14-12-10-8-5-2/h10,12,20-21,40H,4-9,11,13-19,22-39H2,1-3H3,(H,45,46)/b12-10-,21-20-. The number of carbonyl (C=O) groups excluding carboxylic acids is 2. The largest absolute Gasteiger partial charge is 0.472 e. The first-order valence-corrected chi connectivity index (χ1v) is 22.6. The first-order chi connectivity index (χ1) is 24.8.